The third kappa shape index (κ3) is 2.40. The van der Waals surface area contributed by atoms with Crippen LogP contribution < -0.4 is 0 Å². The first-order valence-electron chi connectivity index (χ1n) is 6.85. The van der Waals surface area contributed by atoms with Crippen molar-refractivity contribution in [2.45, 2.75) is 44.8 Å². The molecule has 18 heavy (non-hydrogen) atoms. The van der Waals surface area contributed by atoms with E-state index in [1.807, 2.05) is 6.08 Å². The summed E-state index contributed by atoms with van der Waals surface area (Å²) < 4.78 is 6.02. The van der Waals surface area contributed by atoms with Gasteiger partial charge in [-0.2, -0.15) is 0 Å². The molecule has 3 nitrogen and oxygen atoms in total. The monoisotopic (exact) mass is 252 g/mol. The second kappa shape index (κ2) is 5.55. The molecule has 2 aliphatic rings. The minimum atomic E-state index is -0.331. The van der Waals surface area contributed by atoms with Gasteiger partial charge in [-0.1, -0.05) is 23.8 Å². The highest BCUT2D eigenvalue weighted by Gasteiger charge is 2.54. The summed E-state index contributed by atoms with van der Waals surface area (Å²) in [4.78, 5) is 0. The summed E-state index contributed by atoms with van der Waals surface area (Å²) in [5, 5.41) is 19.0. The maximum Gasteiger partial charge on any atom is 0.0926 e. The van der Waals surface area contributed by atoms with Crippen LogP contribution in [0.3, 0.4) is 0 Å². The van der Waals surface area contributed by atoms with Crippen molar-refractivity contribution in [3.8, 4) is 0 Å². The Kier molecular flexibility index (Phi) is 4.25. The average molecular weight is 252 g/mol. The first kappa shape index (κ1) is 13.8. The van der Waals surface area contributed by atoms with Crippen LogP contribution in [0.4, 0.5) is 0 Å². The quantitative estimate of drug-likeness (QED) is 0.562. The highest BCUT2D eigenvalue weighted by Crippen LogP contribution is 2.49. The zero-order chi connectivity index (χ0) is 13.2. The predicted octanol–water partition coefficient (Wildman–Crippen LogP) is 2.05. The molecule has 3 heteroatoms. The van der Waals surface area contributed by atoms with Crippen LogP contribution in [0, 0.1) is 11.8 Å². The lowest BCUT2D eigenvalue weighted by Crippen LogP contribution is -2.39. The van der Waals surface area contributed by atoms with Crippen LogP contribution in [0.2, 0.25) is 0 Å². The largest absolute Gasteiger partial charge is 0.396 e. The number of hydrogen-bond acceptors (Lipinski definition) is 3. The molecule has 4 atom stereocenters. The van der Waals surface area contributed by atoms with E-state index in [0.29, 0.717) is 0 Å². The van der Waals surface area contributed by atoms with Gasteiger partial charge in [-0.05, 0) is 33.1 Å². The van der Waals surface area contributed by atoms with Crippen LogP contribution in [0.1, 0.15) is 33.1 Å². The molecule has 1 saturated heterocycles. The Labute approximate surface area is 109 Å². The van der Waals surface area contributed by atoms with Crippen LogP contribution >= 0.6 is 0 Å². The van der Waals surface area contributed by atoms with Gasteiger partial charge in [0.2, 0.25) is 0 Å². The second-order valence-electron chi connectivity index (χ2n) is 5.71. The molecule has 0 aromatic carbocycles. The van der Waals surface area contributed by atoms with Crippen LogP contribution in [-0.4, -0.2) is 35.1 Å². The van der Waals surface area contributed by atoms with Crippen molar-refractivity contribution in [3.63, 3.8) is 0 Å². The lowest BCUT2D eigenvalue weighted by Gasteiger charge is -2.31. The van der Waals surface area contributed by atoms with Gasteiger partial charge >= 0.3 is 0 Å². The molecule has 2 N–H and O–H groups in total. The molecular formula is C15H24O3. The predicted molar refractivity (Wildman–Crippen MR) is 71.2 cm³/mol. The minimum Gasteiger partial charge on any atom is -0.396 e. The van der Waals surface area contributed by atoms with Gasteiger partial charge in [-0.25, -0.2) is 0 Å². The topological polar surface area (TPSA) is 49.7 Å². The first-order valence-corrected chi connectivity index (χ1v) is 6.85. The Hall–Kier alpha value is -0.640. The van der Waals surface area contributed by atoms with Gasteiger partial charge in [0.15, 0.2) is 0 Å². The lowest BCUT2D eigenvalue weighted by molar-refractivity contribution is -0.00687. The summed E-state index contributed by atoms with van der Waals surface area (Å²) in [5.74, 6) is 0.104. The zero-order valence-corrected chi connectivity index (χ0v) is 11.3. The van der Waals surface area contributed by atoms with Crippen molar-refractivity contribution < 1.29 is 14.9 Å². The molecule has 2 rings (SSSR count). The SMILES string of the molecule is CC(C)=CCCC[C@@]12C=C[C@@H](O1)[C@H](CO)[C@@H]2CO. The standard InChI is InChI=1S/C15H24O3/c1-11(2)5-3-4-7-15-8-6-14(18-15)12(9-16)13(15)10-17/h5-6,8,12-14,16-17H,3-4,7,9-10H2,1-2H3/t12-,13+,14-,15+/m1/s1. The van der Waals surface area contributed by atoms with Gasteiger partial charge in [-0.15, -0.1) is 0 Å². The molecular weight excluding hydrogens is 228 g/mol. The number of hydrogen-bond donors (Lipinski definition) is 2. The van der Waals surface area contributed by atoms with Gasteiger partial charge in [-0.3, -0.25) is 0 Å². The number of allylic oxidation sites excluding steroid dienone is 2. The fourth-order valence-electron chi connectivity index (χ4n) is 3.24. The number of fused-ring (bicyclic) bond motifs is 2. The molecule has 0 aliphatic carbocycles. The van der Waals surface area contributed by atoms with Crippen molar-refractivity contribution in [3.05, 3.63) is 23.8 Å². The van der Waals surface area contributed by atoms with Crippen molar-refractivity contribution in [1.29, 1.82) is 0 Å². The summed E-state index contributed by atoms with van der Waals surface area (Å²) >= 11 is 0. The summed E-state index contributed by atoms with van der Waals surface area (Å²) in [6.07, 6.45) is 9.41. The molecule has 2 heterocycles. The molecule has 0 radical (unpaired) electrons. The second-order valence-corrected chi connectivity index (χ2v) is 5.71. The van der Waals surface area contributed by atoms with E-state index < -0.39 is 0 Å². The number of unbranched alkanes of at least 4 members (excludes halogenated alkanes) is 1. The molecule has 0 unspecified atom stereocenters. The molecule has 0 aromatic heterocycles. The fourth-order valence-corrected chi connectivity index (χ4v) is 3.24. The maximum atomic E-state index is 9.56. The molecule has 0 saturated carbocycles. The Morgan fingerprint density at radius 1 is 1.33 bits per heavy atom. The van der Waals surface area contributed by atoms with Crippen LogP contribution in [0.15, 0.2) is 23.8 Å². The number of rotatable bonds is 6. The van der Waals surface area contributed by atoms with Crippen molar-refractivity contribution in [2.75, 3.05) is 13.2 Å². The average Bonchev–Trinajstić information content (AvgIpc) is 2.89. The van der Waals surface area contributed by atoms with Gasteiger partial charge < -0.3 is 14.9 Å². The van der Waals surface area contributed by atoms with E-state index in [1.165, 1.54) is 5.57 Å². The summed E-state index contributed by atoms with van der Waals surface area (Å²) in [7, 11) is 0. The summed E-state index contributed by atoms with van der Waals surface area (Å²) in [6, 6.07) is 0. The maximum absolute atomic E-state index is 9.56. The molecule has 0 amide bonds. The molecule has 2 aliphatic heterocycles. The van der Waals surface area contributed by atoms with Crippen molar-refractivity contribution in [1.82, 2.24) is 0 Å². The van der Waals surface area contributed by atoms with Crippen molar-refractivity contribution in [2.24, 2.45) is 11.8 Å². The third-order valence-electron chi connectivity index (χ3n) is 4.22. The van der Waals surface area contributed by atoms with E-state index in [4.69, 9.17) is 4.74 Å². The molecule has 2 bridgehead atoms. The van der Waals surface area contributed by atoms with E-state index in [0.717, 1.165) is 19.3 Å². The third-order valence-corrected chi connectivity index (χ3v) is 4.22. The van der Waals surface area contributed by atoms with E-state index in [9.17, 15) is 10.2 Å². The Bertz CT molecular complexity index is 344. The highest BCUT2D eigenvalue weighted by molar-refractivity contribution is 5.22. The fraction of sp³-hybridized carbons (Fsp3) is 0.733. The van der Waals surface area contributed by atoms with Gasteiger partial charge in [0.1, 0.15) is 0 Å². The van der Waals surface area contributed by atoms with Crippen LogP contribution in [0.25, 0.3) is 0 Å². The van der Waals surface area contributed by atoms with Crippen LogP contribution in [-0.2, 0) is 4.74 Å². The van der Waals surface area contributed by atoms with E-state index in [1.54, 1.807) is 0 Å². The first-order chi connectivity index (χ1) is 8.63. The van der Waals surface area contributed by atoms with E-state index in [-0.39, 0.29) is 36.8 Å². The molecule has 1 fully saturated rings. The molecule has 102 valence electrons. The molecule has 0 spiro atoms. The summed E-state index contributed by atoms with van der Waals surface area (Å²) in [6.45, 7) is 4.40. The minimum absolute atomic E-state index is 0.00407. The smallest absolute Gasteiger partial charge is 0.0926 e. The Morgan fingerprint density at radius 3 is 2.72 bits per heavy atom. The number of ether oxygens (including phenoxy) is 1. The summed E-state index contributed by atoms with van der Waals surface area (Å²) in [5.41, 5.74) is 1.01. The van der Waals surface area contributed by atoms with Crippen molar-refractivity contribution >= 4 is 0 Å². The number of aliphatic hydroxyl groups excluding tert-OH is 2. The lowest BCUT2D eigenvalue weighted by atomic mass is 9.74. The van der Waals surface area contributed by atoms with Gasteiger partial charge in [0.25, 0.3) is 0 Å². The number of aliphatic hydroxyl groups is 2. The normalized spacial score (nSPS) is 37.2. The van der Waals surface area contributed by atoms with Crippen LogP contribution in [0.5, 0.6) is 0 Å². The Balaban J connectivity index is 1.98. The Morgan fingerprint density at radius 2 is 2.11 bits per heavy atom. The zero-order valence-electron chi connectivity index (χ0n) is 11.3. The highest BCUT2D eigenvalue weighted by atomic mass is 16.5. The van der Waals surface area contributed by atoms with Gasteiger partial charge in [0.05, 0.1) is 11.7 Å². The van der Waals surface area contributed by atoms with E-state index >= 15 is 0 Å². The van der Waals surface area contributed by atoms with E-state index in [2.05, 4.69) is 26.0 Å². The molecule has 0 aromatic rings. The van der Waals surface area contributed by atoms with Gasteiger partial charge in [0, 0.05) is 25.0 Å².